The molecule has 86 valence electrons. The zero-order valence-corrected chi connectivity index (χ0v) is 9.95. The van der Waals surface area contributed by atoms with Gasteiger partial charge in [0, 0.05) is 13.5 Å². The molecule has 1 rings (SSSR count). The Bertz CT molecular complexity index is 261. The molecule has 15 heavy (non-hydrogen) atoms. The summed E-state index contributed by atoms with van der Waals surface area (Å²) >= 11 is 0. The van der Waals surface area contributed by atoms with Crippen molar-refractivity contribution >= 4 is 11.8 Å². The molecular formula is C11H21N2O2+. The van der Waals surface area contributed by atoms with E-state index in [2.05, 4.69) is 11.5 Å². The summed E-state index contributed by atoms with van der Waals surface area (Å²) in [5.41, 5.74) is 0. The van der Waals surface area contributed by atoms with Gasteiger partial charge in [0.05, 0.1) is 13.0 Å². The van der Waals surface area contributed by atoms with Gasteiger partial charge in [-0.05, 0) is 0 Å². The minimum atomic E-state index is 0.202. The van der Waals surface area contributed by atoms with E-state index in [1.54, 1.807) is 4.90 Å². The van der Waals surface area contributed by atoms with Crippen LogP contribution in [0.25, 0.3) is 0 Å². The first-order chi connectivity index (χ1) is 7.19. The maximum atomic E-state index is 11.3. The number of likely N-dealkylation sites (N-methyl/N-ethyl adjacent to an activating group) is 1. The van der Waals surface area contributed by atoms with Crippen molar-refractivity contribution in [1.82, 2.24) is 4.90 Å². The van der Waals surface area contributed by atoms with Crippen molar-refractivity contribution in [2.75, 3.05) is 33.3 Å². The van der Waals surface area contributed by atoms with Crippen LogP contribution in [0.4, 0.5) is 0 Å². The topological polar surface area (TPSA) is 32.5 Å². The molecule has 1 aliphatic rings. The summed E-state index contributed by atoms with van der Waals surface area (Å²) in [6, 6.07) is 0. The van der Waals surface area contributed by atoms with Crippen LogP contribution in [-0.4, -0.2) is 54.6 Å². The molecule has 4 heteroatoms. The summed E-state index contributed by atoms with van der Waals surface area (Å²) in [5, 5.41) is 0. The van der Waals surface area contributed by atoms with Crippen LogP contribution >= 0.6 is 0 Å². The summed E-state index contributed by atoms with van der Waals surface area (Å²) < 4.78 is 7.69. The van der Waals surface area contributed by atoms with Gasteiger partial charge >= 0.3 is 5.90 Å². The molecule has 0 aromatic carbocycles. The number of carbonyl (C=O) groups is 1. The average molecular weight is 213 g/mol. The van der Waals surface area contributed by atoms with Crippen molar-refractivity contribution in [3.05, 3.63) is 0 Å². The van der Waals surface area contributed by atoms with Gasteiger partial charge < -0.3 is 9.64 Å². The van der Waals surface area contributed by atoms with E-state index in [-0.39, 0.29) is 5.91 Å². The van der Waals surface area contributed by atoms with Gasteiger partial charge in [0.15, 0.2) is 19.7 Å². The highest BCUT2D eigenvalue weighted by Crippen LogP contribution is 1.99. The predicted octanol–water partition coefficient (Wildman–Crippen LogP) is 0.706. The number of rotatable bonds is 5. The average Bonchev–Trinajstić information content (AvgIpc) is 2.71. The summed E-state index contributed by atoms with van der Waals surface area (Å²) in [6.07, 6.45) is 1.52. The molecule has 0 aliphatic carbocycles. The normalized spacial score (nSPS) is 15.4. The highest BCUT2D eigenvalue weighted by atomic mass is 16.5. The quantitative estimate of drug-likeness (QED) is 0.630. The van der Waals surface area contributed by atoms with Gasteiger partial charge in [-0.3, -0.25) is 4.79 Å². The van der Waals surface area contributed by atoms with Gasteiger partial charge in [0.1, 0.15) is 0 Å². The number of hydrogen-bond donors (Lipinski definition) is 0. The zero-order valence-electron chi connectivity index (χ0n) is 9.95. The van der Waals surface area contributed by atoms with E-state index < -0.39 is 0 Å². The molecule has 4 nitrogen and oxygen atoms in total. The molecule has 0 bridgehead atoms. The molecule has 1 amide bonds. The fourth-order valence-electron chi connectivity index (χ4n) is 1.72. The van der Waals surface area contributed by atoms with Crippen molar-refractivity contribution in [1.29, 1.82) is 0 Å². The second kappa shape index (κ2) is 5.73. The molecule has 0 saturated heterocycles. The summed E-state index contributed by atoms with van der Waals surface area (Å²) in [5.74, 6) is 1.26. The van der Waals surface area contributed by atoms with Crippen molar-refractivity contribution in [3.63, 3.8) is 0 Å². The van der Waals surface area contributed by atoms with Gasteiger partial charge in [-0.2, -0.15) is 4.58 Å². The van der Waals surface area contributed by atoms with Gasteiger partial charge in [-0.25, -0.2) is 0 Å². The lowest BCUT2D eigenvalue weighted by atomic mass is 10.4. The van der Waals surface area contributed by atoms with E-state index in [4.69, 9.17) is 4.74 Å². The lowest BCUT2D eigenvalue weighted by molar-refractivity contribution is -0.519. The predicted molar refractivity (Wildman–Crippen MR) is 59.2 cm³/mol. The minimum Gasteiger partial charge on any atom is -0.441 e. The van der Waals surface area contributed by atoms with Crippen LogP contribution < -0.4 is 0 Å². The summed E-state index contributed by atoms with van der Waals surface area (Å²) in [6.45, 7) is 7.38. The van der Waals surface area contributed by atoms with Crippen LogP contribution in [0, 0.1) is 0 Å². The lowest BCUT2D eigenvalue weighted by Crippen LogP contribution is -2.33. The molecule has 0 radical (unpaired) electrons. The van der Waals surface area contributed by atoms with Crippen LogP contribution in [0.1, 0.15) is 26.7 Å². The van der Waals surface area contributed by atoms with E-state index in [1.807, 2.05) is 14.0 Å². The number of amides is 1. The van der Waals surface area contributed by atoms with E-state index in [0.717, 1.165) is 38.6 Å². The van der Waals surface area contributed by atoms with Crippen molar-refractivity contribution in [3.8, 4) is 0 Å². The van der Waals surface area contributed by atoms with E-state index in [1.165, 1.54) is 0 Å². The van der Waals surface area contributed by atoms with E-state index >= 15 is 0 Å². The van der Waals surface area contributed by atoms with Crippen molar-refractivity contribution in [2.24, 2.45) is 0 Å². The standard InChI is InChI=1S/C11H21N2O2/c1-4-10(14)12(3)6-7-13-8-9-15-11(13)5-2/h4-9H2,1-3H3/q+1. The lowest BCUT2D eigenvalue weighted by Gasteiger charge is -2.14. The van der Waals surface area contributed by atoms with E-state index in [9.17, 15) is 4.79 Å². The Balaban J connectivity index is 2.39. The molecule has 0 spiro atoms. The molecule has 1 aliphatic heterocycles. The first kappa shape index (κ1) is 12.0. The number of hydrogen-bond acceptors (Lipinski definition) is 2. The third-order valence-corrected chi connectivity index (χ3v) is 2.72. The minimum absolute atomic E-state index is 0.202. The summed E-state index contributed by atoms with van der Waals surface area (Å²) in [4.78, 5) is 13.1. The molecule has 1 heterocycles. The Morgan fingerprint density at radius 3 is 2.87 bits per heavy atom. The van der Waals surface area contributed by atoms with Crippen LogP contribution in [0.2, 0.25) is 0 Å². The Labute approximate surface area is 91.5 Å². The zero-order chi connectivity index (χ0) is 11.3. The highest BCUT2D eigenvalue weighted by Gasteiger charge is 2.22. The first-order valence-electron chi connectivity index (χ1n) is 5.66. The van der Waals surface area contributed by atoms with Crippen molar-refractivity contribution in [2.45, 2.75) is 26.7 Å². The van der Waals surface area contributed by atoms with Crippen LogP contribution in [0.3, 0.4) is 0 Å². The fourth-order valence-corrected chi connectivity index (χ4v) is 1.72. The molecule has 0 N–H and O–H groups in total. The molecule has 0 aromatic heterocycles. The highest BCUT2D eigenvalue weighted by molar-refractivity contribution is 5.75. The molecule has 0 saturated carbocycles. The largest absolute Gasteiger partial charge is 0.441 e. The molecule has 0 aromatic rings. The van der Waals surface area contributed by atoms with Crippen LogP contribution in [0.5, 0.6) is 0 Å². The Morgan fingerprint density at radius 1 is 1.53 bits per heavy atom. The van der Waals surface area contributed by atoms with Gasteiger partial charge in [0.25, 0.3) is 0 Å². The van der Waals surface area contributed by atoms with Gasteiger partial charge in [0.2, 0.25) is 5.91 Å². The third-order valence-electron chi connectivity index (χ3n) is 2.72. The number of ether oxygens (including phenoxy) is 1. The van der Waals surface area contributed by atoms with Crippen LogP contribution in [-0.2, 0) is 9.53 Å². The summed E-state index contributed by atoms with van der Waals surface area (Å²) in [7, 11) is 1.86. The number of carbonyl (C=O) groups excluding carboxylic acids is 1. The Kier molecular flexibility index (Phi) is 4.59. The smallest absolute Gasteiger partial charge is 0.336 e. The maximum absolute atomic E-state index is 11.3. The third kappa shape index (κ3) is 3.22. The maximum Gasteiger partial charge on any atom is 0.336 e. The Morgan fingerprint density at radius 2 is 2.27 bits per heavy atom. The Hall–Kier alpha value is -1.06. The first-order valence-corrected chi connectivity index (χ1v) is 5.66. The van der Waals surface area contributed by atoms with Crippen LogP contribution in [0.15, 0.2) is 0 Å². The van der Waals surface area contributed by atoms with Crippen molar-refractivity contribution < 1.29 is 14.1 Å². The monoisotopic (exact) mass is 213 g/mol. The second-order valence-corrected chi connectivity index (χ2v) is 3.75. The molecule has 0 unspecified atom stereocenters. The fraction of sp³-hybridized carbons (Fsp3) is 0.818. The van der Waals surface area contributed by atoms with Gasteiger partial charge in [-0.15, -0.1) is 0 Å². The molecule has 0 atom stereocenters. The van der Waals surface area contributed by atoms with E-state index in [0.29, 0.717) is 6.42 Å². The second-order valence-electron chi connectivity index (χ2n) is 3.75. The SMILES string of the molecule is CCC(=O)N(C)CC[N+]1=C(CC)OCC1. The number of nitrogens with zero attached hydrogens (tertiary/aromatic N) is 2. The van der Waals surface area contributed by atoms with Gasteiger partial charge in [-0.1, -0.05) is 13.8 Å². The molecular weight excluding hydrogens is 192 g/mol. The molecule has 0 fully saturated rings.